The van der Waals surface area contributed by atoms with Crippen LogP contribution in [0, 0.1) is 0 Å². The summed E-state index contributed by atoms with van der Waals surface area (Å²) in [5.74, 6) is -0.976. The van der Waals surface area contributed by atoms with Gasteiger partial charge in [-0.15, -0.1) is 0 Å². The maximum absolute atomic E-state index is 12.9. The third-order valence-electron chi connectivity index (χ3n) is 14.6. The normalized spacial score (nSPS) is 12.7. The summed E-state index contributed by atoms with van der Waals surface area (Å²) in [6.45, 7) is 6.49. The number of carbonyl (C=O) groups excluding carboxylic acids is 3. The fraction of sp³-hybridized carbons (Fsp3) is 0.740. The number of carbonyl (C=O) groups is 3. The van der Waals surface area contributed by atoms with Crippen LogP contribution in [0.1, 0.15) is 329 Å². The highest BCUT2D eigenvalue weighted by atomic mass is 16.6. The predicted octanol–water partition coefficient (Wildman–Crippen LogP) is 23.2. The van der Waals surface area contributed by atoms with Crippen molar-refractivity contribution in [3.05, 3.63) is 97.2 Å². The lowest BCUT2D eigenvalue weighted by atomic mass is 10.0. The molecule has 0 aromatic rings. The maximum Gasteiger partial charge on any atom is 0.306 e. The van der Waals surface area contributed by atoms with E-state index in [2.05, 4.69) is 112 Å². The van der Waals surface area contributed by atoms with Crippen molar-refractivity contribution in [1.82, 2.24) is 0 Å². The van der Waals surface area contributed by atoms with Crippen LogP contribution in [-0.2, 0) is 28.6 Å². The lowest BCUT2D eigenvalue weighted by molar-refractivity contribution is -0.166. The fourth-order valence-corrected chi connectivity index (χ4v) is 9.56. The highest BCUT2D eigenvalue weighted by molar-refractivity contribution is 5.71. The molecule has 0 saturated heterocycles. The average Bonchev–Trinajstić information content (AvgIpc) is 3.45. The minimum absolute atomic E-state index is 0.104. The van der Waals surface area contributed by atoms with Crippen LogP contribution in [-0.4, -0.2) is 37.2 Å². The molecule has 0 heterocycles. The van der Waals surface area contributed by atoms with Crippen LogP contribution in [0.25, 0.3) is 0 Å². The van der Waals surface area contributed by atoms with Gasteiger partial charge < -0.3 is 14.2 Å². The zero-order valence-corrected chi connectivity index (χ0v) is 52.1. The van der Waals surface area contributed by atoms with E-state index in [1.165, 1.54) is 199 Å². The molecule has 0 aliphatic carbocycles. The molecule has 0 rings (SSSR count). The molecule has 0 fully saturated rings. The number of allylic oxidation sites excluding steroid dienone is 16. The minimum Gasteiger partial charge on any atom is -0.462 e. The SMILES string of the molecule is CC/C=C\C/C=C\C/C=C\C/C=C\C/C=C\C/C=C\CCC(=O)OC(COC(=O)CCCCCCCCCCCCCCC)COC(=O)CCCCCCCCCCCCCCCCCCC/C=C\C/C=C\CCCCCCC. The Morgan fingerprint density at radius 2 is 0.519 bits per heavy atom. The number of ether oxygens (including phenoxy) is 3. The van der Waals surface area contributed by atoms with Crippen molar-refractivity contribution in [2.45, 2.75) is 335 Å². The summed E-state index contributed by atoms with van der Waals surface area (Å²) in [5, 5.41) is 0. The molecular formula is C73H126O6. The van der Waals surface area contributed by atoms with Gasteiger partial charge in [-0.1, -0.05) is 317 Å². The summed E-state index contributed by atoms with van der Waals surface area (Å²) >= 11 is 0. The zero-order chi connectivity index (χ0) is 57.1. The van der Waals surface area contributed by atoms with Crippen LogP contribution in [0.3, 0.4) is 0 Å². The van der Waals surface area contributed by atoms with Crippen molar-refractivity contribution in [1.29, 1.82) is 0 Å². The molecule has 454 valence electrons. The number of hydrogen-bond acceptors (Lipinski definition) is 6. The third kappa shape index (κ3) is 65.0. The lowest BCUT2D eigenvalue weighted by Crippen LogP contribution is -2.30. The molecule has 79 heavy (non-hydrogen) atoms. The Bertz CT molecular complexity index is 1540. The van der Waals surface area contributed by atoms with Gasteiger partial charge in [-0.25, -0.2) is 0 Å². The van der Waals surface area contributed by atoms with Crippen molar-refractivity contribution >= 4 is 17.9 Å². The molecule has 0 aliphatic rings. The van der Waals surface area contributed by atoms with Gasteiger partial charge in [0.25, 0.3) is 0 Å². The molecule has 0 aromatic heterocycles. The molecule has 0 N–H and O–H groups in total. The summed E-state index contributed by atoms with van der Waals surface area (Å²) in [6, 6.07) is 0. The second-order valence-corrected chi connectivity index (χ2v) is 22.4. The van der Waals surface area contributed by atoms with Crippen molar-refractivity contribution in [3.63, 3.8) is 0 Å². The summed E-state index contributed by atoms with van der Waals surface area (Å²) in [7, 11) is 0. The number of esters is 3. The predicted molar refractivity (Wildman–Crippen MR) is 344 cm³/mol. The number of hydrogen-bond donors (Lipinski definition) is 0. The second-order valence-electron chi connectivity index (χ2n) is 22.4. The number of rotatable bonds is 61. The summed E-state index contributed by atoms with van der Waals surface area (Å²) in [5.41, 5.74) is 0. The van der Waals surface area contributed by atoms with Crippen molar-refractivity contribution < 1.29 is 28.6 Å². The van der Waals surface area contributed by atoms with Crippen molar-refractivity contribution in [3.8, 4) is 0 Å². The van der Waals surface area contributed by atoms with Gasteiger partial charge in [-0.2, -0.15) is 0 Å². The Kier molecular flexibility index (Phi) is 63.7. The molecule has 0 aliphatic heterocycles. The first kappa shape index (κ1) is 75.3. The first-order valence-electron chi connectivity index (χ1n) is 33.7. The zero-order valence-electron chi connectivity index (χ0n) is 52.1. The third-order valence-corrected chi connectivity index (χ3v) is 14.6. The summed E-state index contributed by atoms with van der Waals surface area (Å²) in [4.78, 5) is 38.3. The Hall–Kier alpha value is -3.67. The Labute approximate surface area is 489 Å². The van der Waals surface area contributed by atoms with Gasteiger partial charge in [0.1, 0.15) is 13.2 Å². The fourth-order valence-electron chi connectivity index (χ4n) is 9.56. The van der Waals surface area contributed by atoms with E-state index in [1.807, 2.05) is 6.08 Å². The molecule has 0 aromatic carbocycles. The first-order valence-corrected chi connectivity index (χ1v) is 33.7. The van der Waals surface area contributed by atoms with Gasteiger partial charge in [-0.3, -0.25) is 14.4 Å². The van der Waals surface area contributed by atoms with Crippen LogP contribution in [0.4, 0.5) is 0 Å². The Balaban J connectivity index is 4.30. The average molecular weight is 1100 g/mol. The Morgan fingerprint density at radius 3 is 0.823 bits per heavy atom. The smallest absolute Gasteiger partial charge is 0.306 e. The van der Waals surface area contributed by atoms with Crippen LogP contribution in [0.5, 0.6) is 0 Å². The molecule has 6 nitrogen and oxygen atoms in total. The Morgan fingerprint density at radius 1 is 0.266 bits per heavy atom. The molecule has 6 heteroatoms. The van der Waals surface area contributed by atoms with E-state index >= 15 is 0 Å². The van der Waals surface area contributed by atoms with Crippen molar-refractivity contribution in [2.24, 2.45) is 0 Å². The first-order chi connectivity index (χ1) is 39.0. The lowest BCUT2D eigenvalue weighted by Gasteiger charge is -2.18. The molecule has 0 bridgehead atoms. The largest absolute Gasteiger partial charge is 0.462 e. The highest BCUT2D eigenvalue weighted by Gasteiger charge is 2.19. The van der Waals surface area contributed by atoms with Crippen LogP contribution < -0.4 is 0 Å². The van der Waals surface area contributed by atoms with Gasteiger partial charge in [-0.05, 0) is 89.9 Å². The van der Waals surface area contributed by atoms with E-state index in [9.17, 15) is 14.4 Å². The van der Waals surface area contributed by atoms with E-state index in [4.69, 9.17) is 14.2 Å². The van der Waals surface area contributed by atoms with Gasteiger partial charge in [0.2, 0.25) is 0 Å². The molecular weight excluding hydrogens is 973 g/mol. The highest BCUT2D eigenvalue weighted by Crippen LogP contribution is 2.17. The molecule has 0 spiro atoms. The van der Waals surface area contributed by atoms with Crippen LogP contribution in [0.15, 0.2) is 97.2 Å². The molecule has 0 radical (unpaired) electrons. The standard InChI is InChI=1S/C73H126O6/c1-4-7-10-13-16-19-22-25-27-29-31-32-33-34-35-36-37-38-39-40-42-43-45-48-51-54-57-60-63-66-72(75)78-69-70(68-77-71(74)65-62-59-56-53-50-47-24-21-18-15-12-9-6-3)79-73(76)67-64-61-58-55-52-49-46-44-41-30-28-26-23-20-17-14-11-8-5-2/h8,11,17,20,22,25-26,28-29,31,41,44,49,52,58,61,70H,4-7,9-10,12-16,18-19,21,23-24,27,30,32-40,42-43,45-48,50-51,53-57,59-60,62-69H2,1-3H3/b11-8-,20-17-,25-22-,28-26-,31-29-,44-41-,52-49-,61-58-. The van der Waals surface area contributed by atoms with E-state index in [0.29, 0.717) is 19.3 Å². The molecule has 0 amide bonds. The van der Waals surface area contributed by atoms with Gasteiger partial charge in [0, 0.05) is 19.3 Å². The second kappa shape index (κ2) is 66.8. The maximum atomic E-state index is 12.9. The van der Waals surface area contributed by atoms with Gasteiger partial charge in [0.05, 0.1) is 0 Å². The van der Waals surface area contributed by atoms with Crippen LogP contribution >= 0.6 is 0 Å². The van der Waals surface area contributed by atoms with E-state index in [-0.39, 0.29) is 37.5 Å². The summed E-state index contributed by atoms with van der Waals surface area (Å²) < 4.78 is 16.9. The minimum atomic E-state index is -0.817. The van der Waals surface area contributed by atoms with E-state index in [1.54, 1.807) is 0 Å². The summed E-state index contributed by atoms with van der Waals surface area (Å²) in [6.07, 6.45) is 90.2. The van der Waals surface area contributed by atoms with Gasteiger partial charge >= 0.3 is 17.9 Å². The molecule has 1 atom stereocenters. The number of unbranched alkanes of at least 4 members (excludes halogenated alkanes) is 34. The van der Waals surface area contributed by atoms with E-state index in [0.717, 1.165) is 83.5 Å². The van der Waals surface area contributed by atoms with E-state index < -0.39 is 6.10 Å². The molecule has 0 saturated carbocycles. The topological polar surface area (TPSA) is 78.9 Å². The van der Waals surface area contributed by atoms with Crippen molar-refractivity contribution in [2.75, 3.05) is 13.2 Å². The molecule has 1 unspecified atom stereocenters. The van der Waals surface area contributed by atoms with Crippen LogP contribution in [0.2, 0.25) is 0 Å². The quantitative estimate of drug-likeness (QED) is 0.0261. The monoisotopic (exact) mass is 1100 g/mol. The van der Waals surface area contributed by atoms with Gasteiger partial charge in [0.15, 0.2) is 6.10 Å².